The first kappa shape index (κ1) is 14.6. The zero-order valence-corrected chi connectivity index (χ0v) is 13.4. The molecule has 2 amide bonds. The van der Waals surface area contributed by atoms with E-state index in [1.54, 1.807) is 29.7 Å². The lowest BCUT2D eigenvalue weighted by molar-refractivity contribution is -0.115. The minimum Gasteiger partial charge on any atom is -0.326 e. The third kappa shape index (κ3) is 2.79. The molecule has 2 N–H and O–H groups in total. The first-order valence-corrected chi connectivity index (χ1v) is 8.31. The van der Waals surface area contributed by atoms with Crippen LogP contribution in [0.15, 0.2) is 54.0 Å². The van der Waals surface area contributed by atoms with E-state index in [4.69, 9.17) is 0 Å². The molecule has 24 heavy (non-hydrogen) atoms. The molecule has 3 aromatic rings. The van der Waals surface area contributed by atoms with Crippen molar-refractivity contribution >= 4 is 34.5 Å². The molecule has 5 nitrogen and oxygen atoms in total. The third-order valence-corrected chi connectivity index (χ3v) is 4.62. The van der Waals surface area contributed by atoms with Gasteiger partial charge >= 0.3 is 0 Å². The molecular formula is C18H13N3O2S. The van der Waals surface area contributed by atoms with Crippen molar-refractivity contribution in [2.24, 2.45) is 0 Å². The van der Waals surface area contributed by atoms with Crippen molar-refractivity contribution in [3.8, 4) is 10.6 Å². The number of amides is 2. The van der Waals surface area contributed by atoms with Gasteiger partial charge in [0.1, 0.15) is 5.01 Å². The van der Waals surface area contributed by atoms with E-state index in [1.807, 2.05) is 35.7 Å². The first-order chi connectivity index (χ1) is 11.7. The maximum absolute atomic E-state index is 12.5. The van der Waals surface area contributed by atoms with E-state index in [9.17, 15) is 9.59 Å². The lowest BCUT2D eigenvalue weighted by atomic mass is 10.1. The molecule has 4 rings (SSSR count). The van der Waals surface area contributed by atoms with Gasteiger partial charge in [0, 0.05) is 34.1 Å². The van der Waals surface area contributed by atoms with Gasteiger partial charge in [-0.15, -0.1) is 11.3 Å². The van der Waals surface area contributed by atoms with Crippen molar-refractivity contribution in [3.63, 3.8) is 0 Å². The summed E-state index contributed by atoms with van der Waals surface area (Å²) in [4.78, 5) is 28.1. The number of carbonyl (C=O) groups is 2. The average Bonchev–Trinajstić information content (AvgIpc) is 3.22. The smallest absolute Gasteiger partial charge is 0.255 e. The summed E-state index contributed by atoms with van der Waals surface area (Å²) in [6, 6.07) is 12.8. The number of benzene rings is 2. The lowest BCUT2D eigenvalue weighted by Crippen LogP contribution is -2.12. The van der Waals surface area contributed by atoms with Crippen LogP contribution in [0, 0.1) is 0 Å². The second-order valence-corrected chi connectivity index (χ2v) is 6.36. The largest absolute Gasteiger partial charge is 0.326 e. The molecule has 0 spiro atoms. The highest BCUT2D eigenvalue weighted by Crippen LogP contribution is 2.26. The zero-order valence-electron chi connectivity index (χ0n) is 12.6. The molecule has 1 aliphatic heterocycles. The number of hydrogen-bond donors (Lipinski definition) is 2. The van der Waals surface area contributed by atoms with Gasteiger partial charge in [-0.25, -0.2) is 4.98 Å². The van der Waals surface area contributed by atoms with Crippen LogP contribution in [0.4, 0.5) is 11.4 Å². The minimum atomic E-state index is -0.213. The van der Waals surface area contributed by atoms with Gasteiger partial charge in [-0.1, -0.05) is 18.2 Å². The predicted octanol–water partition coefficient (Wildman–Crippen LogP) is 3.56. The predicted molar refractivity (Wildman–Crippen MR) is 94.3 cm³/mol. The Kier molecular flexibility index (Phi) is 3.59. The molecule has 0 fully saturated rings. The summed E-state index contributed by atoms with van der Waals surface area (Å²) in [5, 5.41) is 8.47. The Labute approximate surface area is 142 Å². The number of nitrogens with one attached hydrogen (secondary N) is 2. The SMILES string of the molecule is O=C1Cc2ccc(C(=O)Nc3cccc(-c4nccs4)c3)cc2N1. The Morgan fingerprint density at radius 1 is 1.21 bits per heavy atom. The number of carbonyl (C=O) groups excluding carboxylic acids is 2. The summed E-state index contributed by atoms with van der Waals surface area (Å²) in [6.45, 7) is 0. The molecule has 6 heteroatoms. The average molecular weight is 335 g/mol. The molecule has 0 bridgehead atoms. The highest BCUT2D eigenvalue weighted by molar-refractivity contribution is 7.13. The van der Waals surface area contributed by atoms with Crippen LogP contribution in [0.2, 0.25) is 0 Å². The summed E-state index contributed by atoms with van der Waals surface area (Å²) < 4.78 is 0. The van der Waals surface area contributed by atoms with Crippen LogP contribution >= 0.6 is 11.3 Å². The zero-order chi connectivity index (χ0) is 16.5. The van der Waals surface area contributed by atoms with Crippen molar-refractivity contribution in [2.45, 2.75) is 6.42 Å². The van der Waals surface area contributed by atoms with Gasteiger partial charge < -0.3 is 10.6 Å². The number of nitrogens with zero attached hydrogens (tertiary/aromatic N) is 1. The standard InChI is InChI=1S/C18H13N3O2S/c22-16-10-11-4-5-12(9-15(11)21-16)17(23)20-14-3-1-2-13(8-14)18-19-6-7-24-18/h1-9H,10H2,(H,20,23)(H,21,22). The molecule has 0 saturated heterocycles. The number of hydrogen-bond acceptors (Lipinski definition) is 4. The van der Waals surface area contributed by atoms with Gasteiger partial charge in [0.05, 0.1) is 6.42 Å². The number of fused-ring (bicyclic) bond motifs is 1. The van der Waals surface area contributed by atoms with E-state index in [0.717, 1.165) is 16.1 Å². The van der Waals surface area contributed by atoms with Crippen molar-refractivity contribution in [1.82, 2.24) is 4.98 Å². The van der Waals surface area contributed by atoms with Gasteiger partial charge in [0.25, 0.3) is 5.91 Å². The van der Waals surface area contributed by atoms with Gasteiger partial charge in [0.15, 0.2) is 0 Å². The van der Waals surface area contributed by atoms with E-state index >= 15 is 0 Å². The summed E-state index contributed by atoms with van der Waals surface area (Å²) in [5.41, 5.74) is 3.81. The summed E-state index contributed by atoms with van der Waals surface area (Å²) in [5.74, 6) is -0.256. The fourth-order valence-corrected chi connectivity index (χ4v) is 3.29. The summed E-state index contributed by atoms with van der Waals surface area (Å²) in [6.07, 6.45) is 2.12. The molecule has 0 aliphatic carbocycles. The normalized spacial score (nSPS) is 12.6. The van der Waals surface area contributed by atoms with Crippen molar-refractivity contribution in [2.75, 3.05) is 10.6 Å². The monoisotopic (exact) mass is 335 g/mol. The Morgan fingerprint density at radius 2 is 2.12 bits per heavy atom. The minimum absolute atomic E-state index is 0.0429. The molecule has 1 aromatic heterocycles. The Hall–Kier alpha value is -2.99. The first-order valence-electron chi connectivity index (χ1n) is 7.43. The molecule has 2 heterocycles. The number of anilines is 2. The Bertz CT molecular complexity index is 935. The Balaban J connectivity index is 1.56. The van der Waals surface area contributed by atoms with E-state index in [2.05, 4.69) is 15.6 Å². The van der Waals surface area contributed by atoms with E-state index in [-0.39, 0.29) is 11.8 Å². The van der Waals surface area contributed by atoms with Crippen molar-refractivity contribution in [1.29, 1.82) is 0 Å². The van der Waals surface area contributed by atoms with Crippen LogP contribution in [0.5, 0.6) is 0 Å². The van der Waals surface area contributed by atoms with E-state index < -0.39 is 0 Å². The van der Waals surface area contributed by atoms with Gasteiger partial charge in [-0.3, -0.25) is 9.59 Å². The van der Waals surface area contributed by atoms with Gasteiger partial charge in [-0.05, 0) is 29.8 Å². The maximum Gasteiger partial charge on any atom is 0.255 e. The Morgan fingerprint density at radius 3 is 2.96 bits per heavy atom. The topological polar surface area (TPSA) is 71.1 Å². The van der Waals surface area contributed by atoms with E-state index in [1.165, 1.54) is 0 Å². The molecule has 0 unspecified atom stereocenters. The quantitative estimate of drug-likeness (QED) is 0.769. The number of thiazole rings is 1. The van der Waals surface area contributed by atoms with E-state index in [0.29, 0.717) is 23.4 Å². The van der Waals surface area contributed by atoms with Crippen LogP contribution in [0.3, 0.4) is 0 Å². The highest BCUT2D eigenvalue weighted by atomic mass is 32.1. The fraction of sp³-hybridized carbons (Fsp3) is 0.0556. The molecular weight excluding hydrogens is 322 g/mol. The van der Waals surface area contributed by atoms with Crippen LogP contribution in [0.1, 0.15) is 15.9 Å². The van der Waals surface area contributed by atoms with Crippen LogP contribution in [-0.2, 0) is 11.2 Å². The number of aromatic nitrogens is 1. The lowest BCUT2D eigenvalue weighted by Gasteiger charge is -2.08. The third-order valence-electron chi connectivity index (χ3n) is 3.80. The van der Waals surface area contributed by atoms with Gasteiger partial charge in [-0.2, -0.15) is 0 Å². The maximum atomic E-state index is 12.5. The summed E-state index contributed by atoms with van der Waals surface area (Å²) >= 11 is 1.55. The van der Waals surface area contributed by atoms with Crippen LogP contribution in [-0.4, -0.2) is 16.8 Å². The fourth-order valence-electron chi connectivity index (χ4n) is 2.65. The molecule has 0 saturated carbocycles. The molecule has 0 atom stereocenters. The number of rotatable bonds is 3. The highest BCUT2D eigenvalue weighted by Gasteiger charge is 2.19. The second-order valence-electron chi connectivity index (χ2n) is 5.47. The summed E-state index contributed by atoms with van der Waals surface area (Å²) in [7, 11) is 0. The van der Waals surface area contributed by atoms with Crippen molar-refractivity contribution in [3.05, 3.63) is 65.2 Å². The van der Waals surface area contributed by atoms with Crippen LogP contribution < -0.4 is 10.6 Å². The molecule has 1 aliphatic rings. The molecule has 0 radical (unpaired) electrons. The molecule has 2 aromatic carbocycles. The van der Waals surface area contributed by atoms with Crippen LogP contribution in [0.25, 0.3) is 10.6 Å². The van der Waals surface area contributed by atoms with Crippen molar-refractivity contribution < 1.29 is 9.59 Å². The molecule has 118 valence electrons. The second kappa shape index (κ2) is 5.90. The van der Waals surface area contributed by atoms with Gasteiger partial charge in [0.2, 0.25) is 5.91 Å².